The third-order valence-electron chi connectivity index (χ3n) is 4.03. The van der Waals surface area contributed by atoms with Gasteiger partial charge >= 0.3 is 6.18 Å². The Kier molecular flexibility index (Phi) is 4.46. The molecule has 2 heterocycles. The first-order valence-electron chi connectivity index (χ1n) is 7.41. The predicted molar refractivity (Wildman–Crippen MR) is 78.2 cm³/mol. The number of carbonyl (C=O) groups excluding carboxylic acids is 1. The van der Waals surface area contributed by atoms with Crippen LogP contribution in [0.3, 0.4) is 0 Å². The van der Waals surface area contributed by atoms with Crippen LogP contribution in [-0.2, 0) is 17.8 Å². The number of amides is 1. The second kappa shape index (κ2) is 6.46. The highest BCUT2D eigenvalue weighted by Gasteiger charge is 2.48. The van der Waals surface area contributed by atoms with E-state index < -0.39 is 29.8 Å². The minimum atomic E-state index is -5.07. The molecule has 0 radical (unpaired) electrons. The van der Waals surface area contributed by atoms with E-state index in [9.17, 15) is 31.7 Å². The van der Waals surface area contributed by atoms with Gasteiger partial charge in [0.1, 0.15) is 11.5 Å². The van der Waals surface area contributed by atoms with Gasteiger partial charge in [-0.15, -0.1) is 4.91 Å². The largest absolute Gasteiger partial charge is 0.423 e. The number of aromatic nitrogens is 2. The number of halogens is 5. The molecule has 1 aromatic heterocycles. The van der Waals surface area contributed by atoms with Gasteiger partial charge in [0.15, 0.2) is 5.82 Å². The Balaban J connectivity index is 1.86. The maximum absolute atomic E-state index is 13.9. The van der Waals surface area contributed by atoms with Gasteiger partial charge < -0.3 is 4.90 Å². The standard InChI is InChI=1S/C15H11F5N4O2/c16-9-1-2-12(10(17)5-9)24-11-3-4-23(7-8(11)6-21-24)14(25)13(22-26)15(18,19)20/h1-2,5-6,13H,3-4,7H2. The van der Waals surface area contributed by atoms with E-state index in [2.05, 4.69) is 5.10 Å². The van der Waals surface area contributed by atoms with E-state index in [1.165, 1.54) is 16.9 Å². The van der Waals surface area contributed by atoms with Crippen molar-refractivity contribution >= 4 is 5.91 Å². The average Bonchev–Trinajstić information content (AvgIpc) is 2.97. The second-order valence-electron chi connectivity index (χ2n) is 5.68. The summed E-state index contributed by atoms with van der Waals surface area (Å²) < 4.78 is 66.3. The summed E-state index contributed by atoms with van der Waals surface area (Å²) in [5.41, 5.74) is 0.873. The quantitative estimate of drug-likeness (QED) is 0.613. The summed E-state index contributed by atoms with van der Waals surface area (Å²) in [5, 5.41) is 5.87. The maximum Gasteiger partial charge on any atom is 0.423 e. The lowest BCUT2D eigenvalue weighted by molar-refractivity contribution is -0.170. The molecule has 3 rings (SSSR count). The molecule has 2 aromatic rings. The van der Waals surface area contributed by atoms with Crippen molar-refractivity contribution in [3.05, 3.63) is 52.2 Å². The Bertz CT molecular complexity index is 864. The molecular formula is C15H11F5N4O2. The molecule has 1 aromatic carbocycles. The van der Waals surface area contributed by atoms with Crippen molar-refractivity contribution in [3.8, 4) is 5.69 Å². The van der Waals surface area contributed by atoms with E-state index in [0.29, 0.717) is 17.3 Å². The molecular weight excluding hydrogens is 363 g/mol. The Hall–Kier alpha value is -2.85. The van der Waals surface area contributed by atoms with E-state index in [1.807, 2.05) is 5.18 Å². The van der Waals surface area contributed by atoms with Crippen LogP contribution in [0.2, 0.25) is 0 Å². The third-order valence-corrected chi connectivity index (χ3v) is 4.03. The minimum Gasteiger partial charge on any atom is -0.336 e. The number of benzene rings is 1. The number of hydrogen-bond acceptors (Lipinski definition) is 4. The van der Waals surface area contributed by atoms with Crippen LogP contribution in [0.4, 0.5) is 22.0 Å². The summed E-state index contributed by atoms with van der Waals surface area (Å²) in [6, 6.07) is -0.0416. The minimum absolute atomic E-state index is 0.0184. The van der Waals surface area contributed by atoms with Crippen molar-refractivity contribution in [3.63, 3.8) is 0 Å². The van der Waals surface area contributed by atoms with Crippen LogP contribution in [0, 0.1) is 16.5 Å². The number of nitrogens with zero attached hydrogens (tertiary/aromatic N) is 4. The molecule has 1 aliphatic rings. The number of rotatable bonds is 3. The molecule has 6 nitrogen and oxygen atoms in total. The van der Waals surface area contributed by atoms with Crippen molar-refractivity contribution < 1.29 is 26.7 Å². The highest BCUT2D eigenvalue weighted by Crippen LogP contribution is 2.28. The van der Waals surface area contributed by atoms with Crippen molar-refractivity contribution in [2.45, 2.75) is 25.2 Å². The lowest BCUT2D eigenvalue weighted by atomic mass is 10.1. The van der Waals surface area contributed by atoms with E-state index in [4.69, 9.17) is 0 Å². The zero-order valence-corrected chi connectivity index (χ0v) is 13.0. The van der Waals surface area contributed by atoms with E-state index >= 15 is 0 Å². The Morgan fingerprint density at radius 2 is 2.00 bits per heavy atom. The lowest BCUT2D eigenvalue weighted by Crippen LogP contribution is -2.47. The van der Waals surface area contributed by atoms with Crippen LogP contribution in [0.5, 0.6) is 0 Å². The van der Waals surface area contributed by atoms with Crippen LogP contribution >= 0.6 is 0 Å². The molecule has 0 aliphatic carbocycles. The zero-order chi connectivity index (χ0) is 19.1. The Morgan fingerprint density at radius 1 is 1.27 bits per heavy atom. The SMILES string of the molecule is O=NC(C(=O)N1CCc2c(cnn2-c2ccc(F)cc2F)C1)C(F)(F)F. The molecule has 11 heteroatoms. The summed E-state index contributed by atoms with van der Waals surface area (Å²) in [6.07, 6.45) is -3.70. The van der Waals surface area contributed by atoms with Crippen molar-refractivity contribution in [1.82, 2.24) is 14.7 Å². The highest BCUT2D eigenvalue weighted by molar-refractivity contribution is 5.83. The molecule has 138 valence electrons. The normalized spacial score (nSPS) is 15.5. The highest BCUT2D eigenvalue weighted by atomic mass is 19.4. The molecule has 0 saturated heterocycles. The van der Waals surface area contributed by atoms with Gasteiger partial charge in [0.05, 0.1) is 11.9 Å². The fourth-order valence-corrected chi connectivity index (χ4v) is 2.80. The number of hydrogen-bond donors (Lipinski definition) is 0. The first-order valence-corrected chi connectivity index (χ1v) is 7.41. The fraction of sp³-hybridized carbons (Fsp3) is 0.333. The molecule has 0 fully saturated rings. The van der Waals surface area contributed by atoms with Gasteiger partial charge in [0.25, 0.3) is 11.9 Å². The van der Waals surface area contributed by atoms with Crippen molar-refractivity contribution in [2.75, 3.05) is 6.54 Å². The number of alkyl halides is 3. The maximum atomic E-state index is 13.9. The molecule has 26 heavy (non-hydrogen) atoms. The Morgan fingerprint density at radius 3 is 2.62 bits per heavy atom. The van der Waals surface area contributed by atoms with Gasteiger partial charge in [-0.2, -0.15) is 18.3 Å². The lowest BCUT2D eigenvalue weighted by Gasteiger charge is -2.29. The molecule has 1 unspecified atom stereocenters. The third kappa shape index (κ3) is 3.16. The molecule has 0 bridgehead atoms. The van der Waals surface area contributed by atoms with Gasteiger partial charge in [-0.25, -0.2) is 13.5 Å². The van der Waals surface area contributed by atoms with Crippen LogP contribution in [0.1, 0.15) is 11.3 Å². The molecule has 1 aliphatic heterocycles. The monoisotopic (exact) mass is 374 g/mol. The van der Waals surface area contributed by atoms with Crippen molar-refractivity contribution in [2.24, 2.45) is 5.18 Å². The first kappa shape index (κ1) is 18.0. The van der Waals surface area contributed by atoms with Crippen LogP contribution < -0.4 is 0 Å². The Labute approximate surface area is 143 Å². The van der Waals surface area contributed by atoms with Gasteiger partial charge in [-0.05, 0) is 17.3 Å². The van der Waals surface area contributed by atoms with Crippen LogP contribution in [-0.4, -0.2) is 39.4 Å². The number of carbonyl (C=O) groups is 1. The van der Waals surface area contributed by atoms with E-state index in [1.54, 1.807) is 0 Å². The summed E-state index contributed by atoms with van der Waals surface area (Å²) in [6.45, 7) is -0.346. The summed E-state index contributed by atoms with van der Waals surface area (Å²) in [7, 11) is 0. The van der Waals surface area contributed by atoms with Gasteiger partial charge in [0.2, 0.25) is 0 Å². The first-order chi connectivity index (χ1) is 12.2. The van der Waals surface area contributed by atoms with E-state index in [0.717, 1.165) is 11.0 Å². The van der Waals surface area contributed by atoms with Crippen LogP contribution in [0.25, 0.3) is 5.69 Å². The molecule has 0 saturated carbocycles. The average molecular weight is 374 g/mol. The predicted octanol–water partition coefficient (Wildman–Crippen LogP) is 2.73. The number of fused-ring (bicyclic) bond motifs is 1. The van der Waals surface area contributed by atoms with Gasteiger partial charge in [-0.1, -0.05) is 0 Å². The summed E-state index contributed by atoms with van der Waals surface area (Å²) in [4.78, 5) is 23.2. The van der Waals surface area contributed by atoms with Gasteiger partial charge in [0, 0.05) is 31.1 Å². The van der Waals surface area contributed by atoms with Gasteiger partial charge in [-0.3, -0.25) is 4.79 Å². The second-order valence-corrected chi connectivity index (χ2v) is 5.68. The van der Waals surface area contributed by atoms with Crippen LogP contribution in [0.15, 0.2) is 29.6 Å². The smallest absolute Gasteiger partial charge is 0.336 e. The molecule has 1 amide bonds. The zero-order valence-electron chi connectivity index (χ0n) is 13.0. The topological polar surface area (TPSA) is 67.6 Å². The van der Waals surface area contributed by atoms with Crippen molar-refractivity contribution in [1.29, 1.82) is 0 Å². The molecule has 1 atom stereocenters. The summed E-state index contributed by atoms with van der Waals surface area (Å²) in [5.74, 6) is -3.06. The number of nitroso groups, excluding NO2 is 1. The molecule has 0 spiro atoms. The molecule has 0 N–H and O–H groups in total. The van der Waals surface area contributed by atoms with E-state index in [-0.39, 0.29) is 25.2 Å². The summed E-state index contributed by atoms with van der Waals surface area (Å²) >= 11 is 0. The fourth-order valence-electron chi connectivity index (χ4n) is 2.80.